The molecule has 0 saturated carbocycles. The Balaban J connectivity index is 1.70. The Kier molecular flexibility index (Phi) is 5.70. The molecule has 3 aromatic rings. The fraction of sp³-hybridized carbons (Fsp3) is 0.263. The van der Waals surface area contributed by atoms with Crippen LogP contribution >= 0.6 is 0 Å². The van der Waals surface area contributed by atoms with Crippen LogP contribution in [0, 0.1) is 0 Å². The summed E-state index contributed by atoms with van der Waals surface area (Å²) in [5, 5.41) is 5.80. The summed E-state index contributed by atoms with van der Waals surface area (Å²) >= 11 is 0. The van der Waals surface area contributed by atoms with Crippen molar-refractivity contribution in [2.45, 2.75) is 13.0 Å². The number of hydrogen-bond donors (Lipinski definition) is 2. The van der Waals surface area contributed by atoms with E-state index in [2.05, 4.69) is 15.6 Å². The summed E-state index contributed by atoms with van der Waals surface area (Å²) in [5.74, 6) is 1.09. The largest absolute Gasteiger partial charge is 0.493 e. The number of pyridine rings is 1. The van der Waals surface area contributed by atoms with E-state index in [0.29, 0.717) is 36.8 Å². The van der Waals surface area contributed by atoms with Gasteiger partial charge in [-0.1, -0.05) is 6.07 Å². The molecule has 0 saturated heterocycles. The van der Waals surface area contributed by atoms with E-state index >= 15 is 0 Å². The second kappa shape index (κ2) is 8.35. The molecule has 0 aliphatic heterocycles. The normalized spacial score (nSPS) is 10.7. The fourth-order valence-corrected chi connectivity index (χ4v) is 2.54. The monoisotopic (exact) mass is 354 g/mol. The average molecular weight is 354 g/mol. The molecule has 2 aromatic heterocycles. The minimum atomic E-state index is -0.0594. The smallest absolute Gasteiger partial charge is 0.225 e. The van der Waals surface area contributed by atoms with Crippen molar-refractivity contribution in [3.8, 4) is 11.5 Å². The maximum absolute atomic E-state index is 11.9. The van der Waals surface area contributed by atoms with Gasteiger partial charge in [0.25, 0.3) is 0 Å². The van der Waals surface area contributed by atoms with Gasteiger partial charge in [0.2, 0.25) is 5.91 Å². The number of anilines is 1. The van der Waals surface area contributed by atoms with Crippen LogP contribution in [0.15, 0.2) is 48.8 Å². The fourth-order valence-electron chi connectivity index (χ4n) is 2.54. The second-order valence-corrected chi connectivity index (χ2v) is 5.75. The van der Waals surface area contributed by atoms with Crippen LogP contribution in [0.5, 0.6) is 11.5 Å². The van der Waals surface area contributed by atoms with Crippen LogP contribution in [-0.2, 0) is 11.4 Å². The van der Waals surface area contributed by atoms with Gasteiger partial charge in [0.1, 0.15) is 12.3 Å². The van der Waals surface area contributed by atoms with E-state index in [1.165, 1.54) is 0 Å². The number of methoxy groups -OCH3 is 1. The summed E-state index contributed by atoms with van der Waals surface area (Å²) < 4.78 is 13.2. The standard InChI is InChI=1S/C19H22N4O3/c1-20-9-8-19(24)22-14-6-7-16(25-2)17(11-14)26-13-15-12-23-10-4-3-5-18(23)21-15/h3-7,10-12,20H,8-9,13H2,1-2H3,(H,22,24). The number of nitrogens with one attached hydrogen (secondary N) is 2. The predicted octanol–water partition coefficient (Wildman–Crippen LogP) is 2.47. The first kappa shape index (κ1) is 17.8. The average Bonchev–Trinajstić information content (AvgIpc) is 3.08. The molecule has 7 heteroatoms. The number of imidazole rings is 1. The van der Waals surface area contributed by atoms with Crippen LogP contribution in [0.3, 0.4) is 0 Å². The number of ether oxygens (including phenoxy) is 2. The van der Waals surface area contributed by atoms with Crippen molar-refractivity contribution in [3.63, 3.8) is 0 Å². The number of nitrogens with zero attached hydrogens (tertiary/aromatic N) is 2. The molecule has 1 amide bonds. The number of carbonyl (C=O) groups is 1. The topological polar surface area (TPSA) is 76.9 Å². The molecule has 136 valence electrons. The summed E-state index contributed by atoms with van der Waals surface area (Å²) in [7, 11) is 3.39. The van der Waals surface area contributed by atoms with Gasteiger partial charge in [-0.15, -0.1) is 0 Å². The van der Waals surface area contributed by atoms with Crippen molar-refractivity contribution in [1.29, 1.82) is 0 Å². The number of hydrogen-bond acceptors (Lipinski definition) is 5. The third-order valence-corrected chi connectivity index (χ3v) is 3.84. The summed E-state index contributed by atoms with van der Waals surface area (Å²) in [6.45, 7) is 0.925. The summed E-state index contributed by atoms with van der Waals surface area (Å²) in [6.07, 6.45) is 4.26. The molecule has 3 rings (SSSR count). The maximum atomic E-state index is 11.9. The molecule has 0 aliphatic carbocycles. The molecule has 0 fully saturated rings. The Morgan fingerprint density at radius 2 is 2.12 bits per heavy atom. The number of amides is 1. The predicted molar refractivity (Wildman–Crippen MR) is 99.7 cm³/mol. The maximum Gasteiger partial charge on any atom is 0.225 e. The number of carbonyl (C=O) groups excluding carboxylic acids is 1. The van der Waals surface area contributed by atoms with Crippen molar-refractivity contribution in [1.82, 2.24) is 14.7 Å². The first-order valence-corrected chi connectivity index (χ1v) is 8.37. The van der Waals surface area contributed by atoms with Gasteiger partial charge in [0, 0.05) is 37.1 Å². The molecule has 0 radical (unpaired) electrons. The van der Waals surface area contributed by atoms with Crippen molar-refractivity contribution >= 4 is 17.2 Å². The van der Waals surface area contributed by atoms with Crippen LogP contribution < -0.4 is 20.1 Å². The molecule has 26 heavy (non-hydrogen) atoms. The molecule has 1 aromatic carbocycles. The Labute approximate surface area is 152 Å². The highest BCUT2D eigenvalue weighted by Crippen LogP contribution is 2.31. The first-order chi connectivity index (χ1) is 12.7. The lowest BCUT2D eigenvalue weighted by molar-refractivity contribution is -0.116. The van der Waals surface area contributed by atoms with Gasteiger partial charge >= 0.3 is 0 Å². The van der Waals surface area contributed by atoms with E-state index in [-0.39, 0.29) is 5.91 Å². The zero-order valence-electron chi connectivity index (χ0n) is 14.9. The van der Waals surface area contributed by atoms with Crippen LogP contribution in [0.25, 0.3) is 5.65 Å². The van der Waals surface area contributed by atoms with Crippen molar-refractivity contribution in [2.24, 2.45) is 0 Å². The van der Waals surface area contributed by atoms with Gasteiger partial charge in [-0.3, -0.25) is 4.79 Å². The molecular weight excluding hydrogens is 332 g/mol. The van der Waals surface area contributed by atoms with Gasteiger partial charge in [-0.2, -0.15) is 0 Å². The van der Waals surface area contributed by atoms with Crippen LogP contribution in [0.4, 0.5) is 5.69 Å². The molecule has 0 atom stereocenters. The lowest BCUT2D eigenvalue weighted by Crippen LogP contribution is -2.18. The van der Waals surface area contributed by atoms with E-state index in [9.17, 15) is 4.79 Å². The van der Waals surface area contributed by atoms with E-state index in [1.54, 1.807) is 25.3 Å². The lowest BCUT2D eigenvalue weighted by Gasteiger charge is -2.12. The van der Waals surface area contributed by atoms with Gasteiger partial charge in [0.15, 0.2) is 11.5 Å². The van der Waals surface area contributed by atoms with E-state index in [0.717, 1.165) is 11.3 Å². The minimum absolute atomic E-state index is 0.0594. The highest BCUT2D eigenvalue weighted by Gasteiger charge is 2.10. The molecule has 0 aliphatic rings. The number of benzene rings is 1. The van der Waals surface area contributed by atoms with E-state index in [1.807, 2.05) is 42.0 Å². The van der Waals surface area contributed by atoms with Gasteiger partial charge in [0.05, 0.1) is 12.8 Å². The Morgan fingerprint density at radius 1 is 1.23 bits per heavy atom. The van der Waals surface area contributed by atoms with Crippen molar-refractivity contribution in [3.05, 3.63) is 54.5 Å². The van der Waals surface area contributed by atoms with Crippen LogP contribution in [0.2, 0.25) is 0 Å². The highest BCUT2D eigenvalue weighted by molar-refractivity contribution is 5.91. The number of fused-ring (bicyclic) bond motifs is 1. The number of aromatic nitrogens is 2. The zero-order valence-corrected chi connectivity index (χ0v) is 14.9. The Morgan fingerprint density at radius 3 is 2.88 bits per heavy atom. The summed E-state index contributed by atoms with van der Waals surface area (Å²) in [4.78, 5) is 16.4. The van der Waals surface area contributed by atoms with Gasteiger partial charge < -0.3 is 24.5 Å². The van der Waals surface area contributed by atoms with Crippen molar-refractivity contribution < 1.29 is 14.3 Å². The summed E-state index contributed by atoms with van der Waals surface area (Å²) in [5.41, 5.74) is 2.34. The van der Waals surface area contributed by atoms with Crippen LogP contribution in [0.1, 0.15) is 12.1 Å². The van der Waals surface area contributed by atoms with E-state index < -0.39 is 0 Å². The van der Waals surface area contributed by atoms with Crippen LogP contribution in [-0.4, -0.2) is 36.0 Å². The Hall–Kier alpha value is -3.06. The Bertz CT molecular complexity index is 858. The summed E-state index contributed by atoms with van der Waals surface area (Å²) in [6, 6.07) is 11.1. The third kappa shape index (κ3) is 4.31. The van der Waals surface area contributed by atoms with Gasteiger partial charge in [-0.25, -0.2) is 4.98 Å². The minimum Gasteiger partial charge on any atom is -0.493 e. The molecular formula is C19H22N4O3. The molecule has 0 unspecified atom stereocenters. The molecule has 2 N–H and O–H groups in total. The number of rotatable bonds is 8. The highest BCUT2D eigenvalue weighted by atomic mass is 16.5. The molecule has 2 heterocycles. The van der Waals surface area contributed by atoms with Crippen molar-refractivity contribution in [2.75, 3.05) is 26.0 Å². The quantitative estimate of drug-likeness (QED) is 0.650. The van der Waals surface area contributed by atoms with Gasteiger partial charge in [-0.05, 0) is 31.3 Å². The third-order valence-electron chi connectivity index (χ3n) is 3.84. The molecule has 7 nitrogen and oxygen atoms in total. The first-order valence-electron chi connectivity index (χ1n) is 8.37. The second-order valence-electron chi connectivity index (χ2n) is 5.75. The molecule has 0 bridgehead atoms. The zero-order chi connectivity index (χ0) is 18.4. The SMILES string of the molecule is CNCCC(=O)Nc1ccc(OC)c(OCc2cn3ccccc3n2)c1. The lowest BCUT2D eigenvalue weighted by atomic mass is 10.2. The van der Waals surface area contributed by atoms with E-state index in [4.69, 9.17) is 9.47 Å². The molecule has 0 spiro atoms.